The van der Waals surface area contributed by atoms with Gasteiger partial charge >= 0.3 is 10.4 Å². The average Bonchev–Trinajstić information content (AvgIpc) is 2.33. The Balaban J connectivity index is 0.000000690. The fourth-order valence-electron chi connectivity index (χ4n) is 1.17. The Bertz CT molecular complexity index is 549. The van der Waals surface area contributed by atoms with Crippen molar-refractivity contribution in [2.45, 2.75) is 13.0 Å². The number of rotatable bonds is 5. The van der Waals surface area contributed by atoms with Gasteiger partial charge in [-0.25, -0.2) is 0 Å². The third-order valence-electron chi connectivity index (χ3n) is 2.01. The van der Waals surface area contributed by atoms with Crippen molar-refractivity contribution < 1.29 is 27.4 Å². The molecule has 1 rings (SSSR count). The molecular formula is C11H19N3O6S. The van der Waals surface area contributed by atoms with E-state index in [1.165, 1.54) is 0 Å². The summed E-state index contributed by atoms with van der Waals surface area (Å²) in [4.78, 5) is 3.70. The molecule has 0 saturated carbocycles. The number of ether oxygens (including phenoxy) is 1. The molecule has 1 unspecified atom stereocenters. The molecule has 7 N–H and O–H groups in total. The number of aliphatic hydroxyl groups is 1. The summed E-state index contributed by atoms with van der Waals surface area (Å²) in [7, 11) is -4.67. The van der Waals surface area contributed by atoms with Gasteiger partial charge in [-0.3, -0.25) is 14.1 Å². The summed E-state index contributed by atoms with van der Waals surface area (Å²) < 4.78 is 37.0. The normalized spacial score (nSPS) is 11.8. The Hall–Kier alpha value is -1.88. The zero-order valence-corrected chi connectivity index (χ0v) is 12.2. The van der Waals surface area contributed by atoms with E-state index in [4.69, 9.17) is 33.7 Å². The third-order valence-corrected chi connectivity index (χ3v) is 2.01. The van der Waals surface area contributed by atoms with Crippen LogP contribution in [0, 0.1) is 6.92 Å². The van der Waals surface area contributed by atoms with E-state index in [1.54, 1.807) is 0 Å². The molecule has 0 aromatic heterocycles. The van der Waals surface area contributed by atoms with Gasteiger partial charge in [0, 0.05) is 0 Å². The van der Waals surface area contributed by atoms with Crippen LogP contribution in [0.2, 0.25) is 0 Å². The summed E-state index contributed by atoms with van der Waals surface area (Å²) in [6, 6.07) is 7.60. The van der Waals surface area contributed by atoms with Crippen LogP contribution >= 0.6 is 0 Å². The van der Waals surface area contributed by atoms with Crippen molar-refractivity contribution in [3.8, 4) is 5.75 Å². The molecule has 0 radical (unpaired) electrons. The van der Waals surface area contributed by atoms with E-state index in [1.807, 2.05) is 31.2 Å². The van der Waals surface area contributed by atoms with Gasteiger partial charge in [-0.15, -0.1) is 0 Å². The summed E-state index contributed by atoms with van der Waals surface area (Å²) in [6.07, 6.45) is -0.707. The standard InChI is InChI=1S/C11H17N3O2.H2O4S/c1-8-4-2-3-5-10(8)16-7-9(15)6-14-11(12)13;1-5(2,3)4/h2-5,9,15H,6-7H2,1H3,(H4,12,13,14);(H2,1,2,3,4). The lowest BCUT2D eigenvalue weighted by Gasteiger charge is -2.12. The molecule has 120 valence electrons. The van der Waals surface area contributed by atoms with Gasteiger partial charge in [-0.1, -0.05) is 18.2 Å². The molecule has 10 heteroatoms. The minimum absolute atomic E-state index is 0.0325. The highest BCUT2D eigenvalue weighted by molar-refractivity contribution is 7.79. The molecule has 1 atom stereocenters. The van der Waals surface area contributed by atoms with Crippen molar-refractivity contribution in [3.05, 3.63) is 29.8 Å². The molecular weight excluding hydrogens is 302 g/mol. The lowest BCUT2D eigenvalue weighted by Crippen LogP contribution is -2.27. The maximum Gasteiger partial charge on any atom is 0.394 e. The smallest absolute Gasteiger partial charge is 0.394 e. The highest BCUT2D eigenvalue weighted by atomic mass is 32.3. The van der Waals surface area contributed by atoms with Crippen molar-refractivity contribution in [2.75, 3.05) is 13.2 Å². The number of nitrogens with zero attached hydrogens (tertiary/aromatic N) is 1. The second kappa shape index (κ2) is 9.13. The largest absolute Gasteiger partial charge is 0.491 e. The molecule has 0 amide bonds. The Morgan fingerprint density at radius 1 is 1.33 bits per heavy atom. The molecule has 0 aliphatic heterocycles. The summed E-state index contributed by atoms with van der Waals surface area (Å²) in [5, 5.41) is 9.51. The first-order valence-corrected chi connectivity index (χ1v) is 7.11. The van der Waals surface area contributed by atoms with Gasteiger partial charge in [-0.2, -0.15) is 8.42 Å². The van der Waals surface area contributed by atoms with E-state index in [0.717, 1.165) is 11.3 Å². The molecule has 0 aliphatic carbocycles. The minimum Gasteiger partial charge on any atom is -0.491 e. The predicted octanol–water partition coefficient (Wildman–Crippen LogP) is -0.645. The van der Waals surface area contributed by atoms with Crippen LogP contribution in [0.1, 0.15) is 5.56 Å². The van der Waals surface area contributed by atoms with E-state index in [2.05, 4.69) is 4.99 Å². The maximum atomic E-state index is 9.51. The fraction of sp³-hybridized carbons (Fsp3) is 0.364. The summed E-state index contributed by atoms with van der Waals surface area (Å²) in [5.74, 6) is 0.723. The molecule has 9 nitrogen and oxygen atoms in total. The average molecular weight is 321 g/mol. The monoisotopic (exact) mass is 321 g/mol. The highest BCUT2D eigenvalue weighted by Crippen LogP contribution is 2.16. The first-order valence-electron chi connectivity index (χ1n) is 5.71. The van der Waals surface area contributed by atoms with Gasteiger partial charge in [-0.05, 0) is 18.6 Å². The highest BCUT2D eigenvalue weighted by Gasteiger charge is 2.05. The Kier molecular flexibility index (Phi) is 8.31. The van der Waals surface area contributed by atoms with Gasteiger partial charge < -0.3 is 21.3 Å². The van der Waals surface area contributed by atoms with Crippen molar-refractivity contribution >= 4 is 16.4 Å². The van der Waals surface area contributed by atoms with Gasteiger partial charge in [0.1, 0.15) is 18.5 Å². The zero-order chi connectivity index (χ0) is 16.5. The zero-order valence-electron chi connectivity index (χ0n) is 11.4. The molecule has 1 aromatic carbocycles. The third kappa shape index (κ3) is 12.9. The number of hydrogen-bond acceptors (Lipinski definition) is 5. The van der Waals surface area contributed by atoms with Crippen molar-refractivity contribution in [1.29, 1.82) is 0 Å². The number of hydrogen-bond donors (Lipinski definition) is 5. The quantitative estimate of drug-likeness (QED) is 0.271. The maximum absolute atomic E-state index is 9.51. The topological polar surface area (TPSA) is 168 Å². The van der Waals surface area contributed by atoms with Crippen LogP contribution in [0.15, 0.2) is 29.3 Å². The molecule has 1 aromatic rings. The van der Waals surface area contributed by atoms with Gasteiger partial charge in [0.05, 0.1) is 6.54 Å². The predicted molar refractivity (Wildman–Crippen MR) is 77.5 cm³/mol. The SMILES string of the molecule is Cc1ccccc1OCC(O)CN=C(N)N.O=S(=O)(O)O. The first-order chi connectivity index (χ1) is 9.59. The Morgan fingerprint density at radius 3 is 2.33 bits per heavy atom. The van der Waals surface area contributed by atoms with Crippen LogP contribution in [0.4, 0.5) is 0 Å². The molecule has 0 saturated heterocycles. The van der Waals surface area contributed by atoms with E-state index in [0.29, 0.717) is 0 Å². The van der Waals surface area contributed by atoms with Crippen LogP contribution in [-0.2, 0) is 10.4 Å². The van der Waals surface area contributed by atoms with E-state index >= 15 is 0 Å². The molecule has 0 fully saturated rings. The van der Waals surface area contributed by atoms with Crippen molar-refractivity contribution in [3.63, 3.8) is 0 Å². The number of aliphatic imine (C=N–C) groups is 1. The number of benzene rings is 1. The number of guanidine groups is 1. The van der Waals surface area contributed by atoms with Crippen LogP contribution in [0.5, 0.6) is 5.75 Å². The number of aryl methyl sites for hydroxylation is 1. The van der Waals surface area contributed by atoms with Crippen LogP contribution in [0.25, 0.3) is 0 Å². The van der Waals surface area contributed by atoms with E-state index < -0.39 is 16.5 Å². The summed E-state index contributed by atoms with van der Waals surface area (Å²) in [6.45, 7) is 2.26. The lowest BCUT2D eigenvalue weighted by atomic mass is 10.2. The molecule has 0 bridgehead atoms. The van der Waals surface area contributed by atoms with Gasteiger partial charge in [0.2, 0.25) is 0 Å². The second-order valence-electron chi connectivity index (χ2n) is 3.94. The molecule has 0 aliphatic rings. The second-order valence-corrected chi connectivity index (χ2v) is 4.84. The lowest BCUT2D eigenvalue weighted by molar-refractivity contribution is 0.114. The summed E-state index contributed by atoms with van der Waals surface area (Å²) in [5.41, 5.74) is 11.3. The Morgan fingerprint density at radius 2 is 1.86 bits per heavy atom. The molecule has 0 heterocycles. The number of nitrogens with two attached hydrogens (primary N) is 2. The van der Waals surface area contributed by atoms with E-state index in [-0.39, 0.29) is 19.1 Å². The van der Waals surface area contributed by atoms with E-state index in [9.17, 15) is 5.11 Å². The van der Waals surface area contributed by atoms with Crippen LogP contribution in [0.3, 0.4) is 0 Å². The molecule has 0 spiro atoms. The fourth-order valence-corrected chi connectivity index (χ4v) is 1.17. The first kappa shape index (κ1) is 19.1. The molecule has 21 heavy (non-hydrogen) atoms. The van der Waals surface area contributed by atoms with Crippen LogP contribution < -0.4 is 16.2 Å². The number of para-hydroxylation sites is 1. The van der Waals surface area contributed by atoms with Crippen molar-refractivity contribution in [2.24, 2.45) is 16.5 Å². The summed E-state index contributed by atoms with van der Waals surface area (Å²) >= 11 is 0. The van der Waals surface area contributed by atoms with Crippen LogP contribution in [-0.4, -0.2) is 47.8 Å². The minimum atomic E-state index is -4.67. The number of aliphatic hydroxyl groups excluding tert-OH is 1. The Labute approximate surface area is 122 Å². The van der Waals surface area contributed by atoms with Crippen molar-refractivity contribution in [1.82, 2.24) is 0 Å². The van der Waals surface area contributed by atoms with Gasteiger partial charge in [0.15, 0.2) is 5.96 Å². The van der Waals surface area contributed by atoms with Gasteiger partial charge in [0.25, 0.3) is 0 Å².